The number of rotatable bonds is 4. The molecule has 1 saturated carbocycles. The van der Waals surface area contributed by atoms with Gasteiger partial charge < -0.3 is 10.2 Å². The predicted molar refractivity (Wildman–Crippen MR) is 86.7 cm³/mol. The van der Waals surface area contributed by atoms with E-state index in [9.17, 15) is 14.0 Å². The lowest BCUT2D eigenvalue weighted by molar-refractivity contribution is -0.125. The molecular weight excluding hydrogens is 295 g/mol. The molecule has 0 atom stereocenters. The number of benzene rings is 1. The Morgan fingerprint density at radius 1 is 1.22 bits per heavy atom. The second kappa shape index (κ2) is 7.11. The monoisotopic (exact) mass is 318 g/mol. The average Bonchev–Trinajstić information content (AvgIpc) is 3.08. The average molecular weight is 318 g/mol. The molecule has 23 heavy (non-hydrogen) atoms. The van der Waals surface area contributed by atoms with Crippen molar-refractivity contribution in [1.29, 1.82) is 0 Å². The maximum atomic E-state index is 13.5. The number of aryl methyl sites for hydroxylation is 1. The van der Waals surface area contributed by atoms with Crippen LogP contribution in [0.2, 0.25) is 0 Å². The van der Waals surface area contributed by atoms with Gasteiger partial charge in [0.1, 0.15) is 5.82 Å². The van der Waals surface area contributed by atoms with Crippen molar-refractivity contribution in [3.8, 4) is 0 Å². The number of fused-ring (bicyclic) bond motifs is 1. The number of carbonyl (C=O) groups is 2. The molecule has 3 rings (SSSR count). The number of amides is 2. The summed E-state index contributed by atoms with van der Waals surface area (Å²) >= 11 is 0. The van der Waals surface area contributed by atoms with Crippen LogP contribution in [0.1, 0.15) is 44.1 Å². The third kappa shape index (κ3) is 3.71. The number of nitrogens with zero attached hydrogens (tertiary/aromatic N) is 1. The minimum absolute atomic E-state index is 0.0525. The summed E-state index contributed by atoms with van der Waals surface area (Å²) in [5, 5.41) is 2.87. The summed E-state index contributed by atoms with van der Waals surface area (Å²) in [7, 11) is 0. The quantitative estimate of drug-likeness (QED) is 0.928. The molecule has 1 heterocycles. The molecule has 0 aromatic heterocycles. The van der Waals surface area contributed by atoms with Crippen molar-refractivity contribution in [3.05, 3.63) is 29.6 Å². The van der Waals surface area contributed by atoms with Crippen LogP contribution < -0.4 is 10.2 Å². The first kappa shape index (κ1) is 16.0. The molecule has 0 saturated heterocycles. The van der Waals surface area contributed by atoms with Crippen LogP contribution in [-0.2, 0) is 16.0 Å². The van der Waals surface area contributed by atoms with E-state index in [1.165, 1.54) is 12.1 Å². The third-order valence-corrected chi connectivity index (χ3v) is 4.83. The van der Waals surface area contributed by atoms with Gasteiger partial charge in [-0.1, -0.05) is 18.9 Å². The van der Waals surface area contributed by atoms with Gasteiger partial charge >= 0.3 is 0 Å². The smallest absolute Gasteiger partial charge is 0.228 e. The molecule has 1 aliphatic heterocycles. The fourth-order valence-electron chi connectivity index (χ4n) is 3.57. The standard InChI is InChI=1S/C18H23FN2O2/c19-15-8-7-13-6-3-11-21(16(13)12-15)17(22)9-10-20-18(23)14-4-1-2-5-14/h7-8,12,14H,1-6,9-11H2,(H,20,23). The maximum absolute atomic E-state index is 13.5. The van der Waals surface area contributed by atoms with Crippen molar-refractivity contribution in [2.24, 2.45) is 5.92 Å². The van der Waals surface area contributed by atoms with E-state index in [0.29, 0.717) is 18.8 Å². The fourth-order valence-corrected chi connectivity index (χ4v) is 3.57. The Labute approximate surface area is 136 Å². The molecule has 0 unspecified atom stereocenters. The van der Waals surface area contributed by atoms with Crippen molar-refractivity contribution >= 4 is 17.5 Å². The summed E-state index contributed by atoms with van der Waals surface area (Å²) in [6.45, 7) is 0.973. The summed E-state index contributed by atoms with van der Waals surface area (Å²) in [5.74, 6) is -0.184. The van der Waals surface area contributed by atoms with Crippen LogP contribution in [0, 0.1) is 11.7 Å². The Balaban J connectivity index is 1.55. The molecule has 0 spiro atoms. The summed E-state index contributed by atoms with van der Waals surface area (Å²) in [6.07, 6.45) is 6.17. The highest BCUT2D eigenvalue weighted by atomic mass is 19.1. The molecule has 1 aromatic rings. The van der Waals surface area contributed by atoms with Crippen LogP contribution in [0.5, 0.6) is 0 Å². The van der Waals surface area contributed by atoms with E-state index in [-0.39, 0.29) is 30.0 Å². The van der Waals surface area contributed by atoms with Crippen LogP contribution in [0.25, 0.3) is 0 Å². The Morgan fingerprint density at radius 2 is 2.00 bits per heavy atom. The van der Waals surface area contributed by atoms with Gasteiger partial charge in [-0.25, -0.2) is 4.39 Å². The number of carbonyl (C=O) groups excluding carboxylic acids is 2. The molecule has 0 radical (unpaired) electrons. The molecule has 4 nitrogen and oxygen atoms in total. The molecule has 2 aliphatic rings. The molecule has 2 amide bonds. The Morgan fingerprint density at radius 3 is 2.78 bits per heavy atom. The number of hydrogen-bond acceptors (Lipinski definition) is 2. The zero-order valence-electron chi connectivity index (χ0n) is 13.3. The first-order chi connectivity index (χ1) is 11.1. The lowest BCUT2D eigenvalue weighted by Crippen LogP contribution is -2.38. The molecule has 1 aromatic carbocycles. The van der Waals surface area contributed by atoms with E-state index in [1.54, 1.807) is 11.0 Å². The van der Waals surface area contributed by atoms with Gasteiger partial charge in [-0.2, -0.15) is 0 Å². The number of anilines is 1. The second-order valence-corrected chi connectivity index (χ2v) is 6.44. The first-order valence-electron chi connectivity index (χ1n) is 8.51. The highest BCUT2D eigenvalue weighted by Crippen LogP contribution is 2.28. The van der Waals surface area contributed by atoms with Crippen molar-refractivity contribution < 1.29 is 14.0 Å². The molecule has 1 fully saturated rings. The number of halogens is 1. The number of nitrogens with one attached hydrogen (secondary N) is 1. The SMILES string of the molecule is O=C(NCCC(=O)N1CCCc2ccc(F)cc21)C1CCCC1. The van der Waals surface area contributed by atoms with Gasteiger partial charge in [-0.3, -0.25) is 9.59 Å². The lowest BCUT2D eigenvalue weighted by Gasteiger charge is -2.29. The Kier molecular flexibility index (Phi) is 4.94. The highest BCUT2D eigenvalue weighted by Gasteiger charge is 2.24. The molecule has 0 bridgehead atoms. The summed E-state index contributed by atoms with van der Waals surface area (Å²) in [4.78, 5) is 26.0. The van der Waals surface area contributed by atoms with Gasteiger partial charge in [-0.05, 0) is 43.4 Å². The third-order valence-electron chi connectivity index (χ3n) is 4.83. The Hall–Kier alpha value is -1.91. The highest BCUT2D eigenvalue weighted by molar-refractivity contribution is 5.95. The van der Waals surface area contributed by atoms with Gasteiger partial charge in [0.15, 0.2) is 0 Å². The summed E-state index contributed by atoms with van der Waals surface area (Å²) < 4.78 is 13.5. The van der Waals surface area contributed by atoms with Crippen molar-refractivity contribution in [1.82, 2.24) is 5.32 Å². The number of hydrogen-bond donors (Lipinski definition) is 1. The summed E-state index contributed by atoms with van der Waals surface area (Å²) in [6, 6.07) is 4.63. The molecular formula is C18H23FN2O2. The minimum Gasteiger partial charge on any atom is -0.355 e. The van der Waals surface area contributed by atoms with Crippen LogP contribution in [0.15, 0.2) is 18.2 Å². The van der Waals surface area contributed by atoms with E-state index in [0.717, 1.165) is 44.1 Å². The van der Waals surface area contributed by atoms with Gasteiger partial charge in [0.25, 0.3) is 0 Å². The van der Waals surface area contributed by atoms with E-state index in [2.05, 4.69) is 5.32 Å². The predicted octanol–water partition coefficient (Wildman–Crippen LogP) is 2.80. The van der Waals surface area contributed by atoms with Gasteiger partial charge in [0.2, 0.25) is 11.8 Å². The van der Waals surface area contributed by atoms with Gasteiger partial charge in [-0.15, -0.1) is 0 Å². The minimum atomic E-state index is -0.321. The van der Waals surface area contributed by atoms with Crippen molar-refractivity contribution in [3.63, 3.8) is 0 Å². The van der Waals surface area contributed by atoms with E-state index >= 15 is 0 Å². The van der Waals surface area contributed by atoms with Crippen molar-refractivity contribution in [2.45, 2.75) is 44.9 Å². The van der Waals surface area contributed by atoms with E-state index in [4.69, 9.17) is 0 Å². The maximum Gasteiger partial charge on any atom is 0.228 e. The van der Waals surface area contributed by atoms with Crippen LogP contribution in [0.4, 0.5) is 10.1 Å². The molecule has 1 aliphatic carbocycles. The van der Waals surface area contributed by atoms with Crippen LogP contribution in [-0.4, -0.2) is 24.9 Å². The zero-order valence-corrected chi connectivity index (χ0v) is 13.3. The largest absolute Gasteiger partial charge is 0.355 e. The topological polar surface area (TPSA) is 49.4 Å². The van der Waals surface area contributed by atoms with Crippen LogP contribution in [0.3, 0.4) is 0 Å². The molecule has 124 valence electrons. The van der Waals surface area contributed by atoms with Crippen LogP contribution >= 0.6 is 0 Å². The summed E-state index contributed by atoms with van der Waals surface area (Å²) in [5.41, 5.74) is 1.70. The van der Waals surface area contributed by atoms with Gasteiger partial charge in [0.05, 0.1) is 0 Å². The normalized spacial score (nSPS) is 17.9. The van der Waals surface area contributed by atoms with E-state index < -0.39 is 0 Å². The van der Waals surface area contributed by atoms with E-state index in [1.807, 2.05) is 0 Å². The zero-order chi connectivity index (χ0) is 16.2. The lowest BCUT2D eigenvalue weighted by atomic mass is 10.0. The molecule has 5 heteroatoms. The first-order valence-corrected chi connectivity index (χ1v) is 8.51. The van der Waals surface area contributed by atoms with Crippen molar-refractivity contribution in [2.75, 3.05) is 18.0 Å². The second-order valence-electron chi connectivity index (χ2n) is 6.44. The Bertz CT molecular complexity index is 597. The fraction of sp³-hybridized carbons (Fsp3) is 0.556. The molecule has 1 N–H and O–H groups in total. The van der Waals surface area contributed by atoms with Gasteiger partial charge in [0, 0.05) is 31.1 Å².